The number of rotatable bonds is 5. The minimum atomic E-state index is -0.756. The molecule has 1 aliphatic carbocycles. The van der Waals surface area contributed by atoms with E-state index in [1.165, 1.54) is 25.7 Å². The molecule has 0 bridgehead atoms. The molecule has 0 spiro atoms. The van der Waals surface area contributed by atoms with Crippen LogP contribution >= 0.6 is 0 Å². The summed E-state index contributed by atoms with van der Waals surface area (Å²) in [5, 5.41) is 8.62. The first kappa shape index (κ1) is 12.4. The molecule has 0 aromatic rings. The molecule has 0 radical (unpaired) electrons. The van der Waals surface area contributed by atoms with Crippen LogP contribution in [0.15, 0.2) is 0 Å². The van der Waals surface area contributed by atoms with Gasteiger partial charge in [-0.25, -0.2) is 0 Å². The Morgan fingerprint density at radius 2 is 1.76 bits per heavy atom. The maximum Gasteiger partial charge on any atom is 0.303 e. The van der Waals surface area contributed by atoms with Gasteiger partial charge in [-0.15, -0.1) is 0 Å². The van der Waals surface area contributed by atoms with Crippen molar-refractivity contribution in [2.24, 2.45) is 11.8 Å². The van der Waals surface area contributed by atoms with Crippen LogP contribution in [-0.2, 0) is 9.59 Å². The van der Waals surface area contributed by atoms with Crippen LogP contribution in [0.25, 0.3) is 0 Å². The van der Waals surface area contributed by atoms with E-state index in [1.54, 1.807) is 0 Å². The summed E-state index contributed by atoms with van der Waals surface area (Å²) in [5.74, 6) is 0.407. The second-order valence-corrected chi connectivity index (χ2v) is 5.45. The number of carboxylic acids is 1. The van der Waals surface area contributed by atoms with Crippen LogP contribution < -0.4 is 0 Å². The van der Waals surface area contributed by atoms with Crippen molar-refractivity contribution in [3.8, 4) is 0 Å². The van der Waals surface area contributed by atoms with Crippen molar-refractivity contribution in [3.05, 3.63) is 0 Å². The number of hydrogen-bond acceptors (Lipinski definition) is 2. The minimum Gasteiger partial charge on any atom is -0.481 e. The van der Waals surface area contributed by atoms with Gasteiger partial charge in [-0.05, 0) is 12.3 Å². The van der Waals surface area contributed by atoms with Gasteiger partial charge in [0.2, 0.25) is 5.91 Å². The van der Waals surface area contributed by atoms with E-state index < -0.39 is 5.97 Å². The van der Waals surface area contributed by atoms with Gasteiger partial charge in [0.05, 0.1) is 6.42 Å². The highest BCUT2D eigenvalue weighted by atomic mass is 16.4. The van der Waals surface area contributed by atoms with Gasteiger partial charge < -0.3 is 10.0 Å². The van der Waals surface area contributed by atoms with E-state index in [1.807, 2.05) is 4.90 Å². The van der Waals surface area contributed by atoms with Crippen molar-refractivity contribution in [1.82, 2.24) is 4.90 Å². The summed E-state index contributed by atoms with van der Waals surface area (Å²) in [6.07, 6.45) is 7.10. The highest BCUT2D eigenvalue weighted by molar-refractivity contribution is 5.77. The van der Waals surface area contributed by atoms with Crippen LogP contribution in [0, 0.1) is 11.8 Å². The summed E-state index contributed by atoms with van der Waals surface area (Å²) in [7, 11) is 0. The zero-order valence-electron chi connectivity index (χ0n) is 10.2. The molecule has 1 heterocycles. The molecule has 1 saturated heterocycles. The lowest BCUT2D eigenvalue weighted by Crippen LogP contribution is -2.50. The third-order valence-electron chi connectivity index (χ3n) is 4.01. The second kappa shape index (κ2) is 5.52. The Morgan fingerprint density at radius 3 is 2.35 bits per heavy atom. The van der Waals surface area contributed by atoms with E-state index in [4.69, 9.17) is 5.11 Å². The average Bonchev–Trinajstić information content (AvgIpc) is 2.71. The zero-order chi connectivity index (χ0) is 12.3. The fourth-order valence-corrected chi connectivity index (χ4v) is 2.93. The summed E-state index contributed by atoms with van der Waals surface area (Å²) in [5.41, 5.74) is 0. The topological polar surface area (TPSA) is 57.6 Å². The first-order chi connectivity index (χ1) is 8.15. The largest absolute Gasteiger partial charge is 0.481 e. The van der Waals surface area contributed by atoms with Gasteiger partial charge in [-0.2, -0.15) is 0 Å². The molecule has 17 heavy (non-hydrogen) atoms. The molecule has 96 valence electrons. The predicted octanol–water partition coefficient (Wildman–Crippen LogP) is 1.89. The SMILES string of the molecule is O=C(O)CC1CN(C(=O)CCC2CCCC2)C1. The molecule has 2 aliphatic rings. The lowest BCUT2D eigenvalue weighted by Gasteiger charge is -2.38. The Balaban J connectivity index is 1.60. The molecule has 0 atom stereocenters. The molecular weight excluding hydrogens is 218 g/mol. The molecule has 2 fully saturated rings. The molecule has 2 rings (SSSR count). The van der Waals surface area contributed by atoms with Crippen molar-refractivity contribution >= 4 is 11.9 Å². The monoisotopic (exact) mass is 239 g/mol. The minimum absolute atomic E-state index is 0.183. The van der Waals surface area contributed by atoms with Gasteiger partial charge in [0.1, 0.15) is 0 Å². The van der Waals surface area contributed by atoms with Gasteiger partial charge >= 0.3 is 5.97 Å². The number of carboxylic acid groups (broad SMARTS) is 1. The van der Waals surface area contributed by atoms with Crippen molar-refractivity contribution in [1.29, 1.82) is 0 Å². The van der Waals surface area contributed by atoms with E-state index in [0.717, 1.165) is 12.3 Å². The Bertz CT molecular complexity index is 291. The Morgan fingerprint density at radius 1 is 1.12 bits per heavy atom. The number of nitrogens with zero attached hydrogens (tertiary/aromatic N) is 1. The molecule has 1 N–H and O–H groups in total. The van der Waals surface area contributed by atoms with Crippen LogP contribution in [0.1, 0.15) is 44.9 Å². The first-order valence-corrected chi connectivity index (χ1v) is 6.64. The quantitative estimate of drug-likeness (QED) is 0.797. The molecule has 1 saturated carbocycles. The van der Waals surface area contributed by atoms with E-state index in [9.17, 15) is 9.59 Å². The van der Waals surface area contributed by atoms with E-state index in [-0.39, 0.29) is 18.2 Å². The third-order valence-corrected chi connectivity index (χ3v) is 4.01. The standard InChI is InChI=1S/C13H21NO3/c15-12(6-5-10-3-1-2-4-10)14-8-11(9-14)7-13(16)17/h10-11H,1-9H2,(H,16,17). The lowest BCUT2D eigenvalue weighted by atomic mass is 9.95. The summed E-state index contributed by atoms with van der Waals surface area (Å²) < 4.78 is 0. The fourth-order valence-electron chi connectivity index (χ4n) is 2.93. The molecule has 0 unspecified atom stereocenters. The van der Waals surface area contributed by atoms with Crippen molar-refractivity contribution < 1.29 is 14.7 Å². The Kier molecular flexibility index (Phi) is 4.02. The highest BCUT2D eigenvalue weighted by Crippen LogP contribution is 2.29. The van der Waals surface area contributed by atoms with Gasteiger partial charge in [-0.1, -0.05) is 25.7 Å². The Hall–Kier alpha value is -1.06. The summed E-state index contributed by atoms with van der Waals surface area (Å²) >= 11 is 0. The lowest BCUT2D eigenvalue weighted by molar-refractivity contribution is -0.145. The smallest absolute Gasteiger partial charge is 0.303 e. The molecular formula is C13H21NO3. The van der Waals surface area contributed by atoms with Crippen LogP contribution in [0.3, 0.4) is 0 Å². The number of hydrogen-bond donors (Lipinski definition) is 1. The number of aliphatic carboxylic acids is 1. The average molecular weight is 239 g/mol. The summed E-state index contributed by atoms with van der Waals surface area (Å²) in [4.78, 5) is 24.1. The third kappa shape index (κ3) is 3.45. The molecule has 0 aromatic heterocycles. The van der Waals surface area contributed by atoms with Crippen molar-refractivity contribution in [2.75, 3.05) is 13.1 Å². The molecule has 4 nitrogen and oxygen atoms in total. The maximum atomic E-state index is 11.8. The highest BCUT2D eigenvalue weighted by Gasteiger charge is 2.31. The first-order valence-electron chi connectivity index (χ1n) is 6.64. The maximum absolute atomic E-state index is 11.8. The molecule has 4 heteroatoms. The predicted molar refractivity (Wildman–Crippen MR) is 63.5 cm³/mol. The van der Waals surface area contributed by atoms with Crippen LogP contribution in [0.2, 0.25) is 0 Å². The molecule has 1 aliphatic heterocycles. The van der Waals surface area contributed by atoms with Crippen LogP contribution in [0.4, 0.5) is 0 Å². The van der Waals surface area contributed by atoms with Gasteiger partial charge in [0.25, 0.3) is 0 Å². The summed E-state index contributed by atoms with van der Waals surface area (Å²) in [6, 6.07) is 0. The molecule has 1 amide bonds. The second-order valence-electron chi connectivity index (χ2n) is 5.45. The zero-order valence-corrected chi connectivity index (χ0v) is 10.2. The number of likely N-dealkylation sites (tertiary alicyclic amines) is 1. The van der Waals surface area contributed by atoms with E-state index >= 15 is 0 Å². The van der Waals surface area contributed by atoms with Gasteiger partial charge in [0.15, 0.2) is 0 Å². The number of carbonyl (C=O) groups is 2. The van der Waals surface area contributed by atoms with Crippen LogP contribution in [-0.4, -0.2) is 35.0 Å². The number of carbonyl (C=O) groups excluding carboxylic acids is 1. The van der Waals surface area contributed by atoms with Crippen molar-refractivity contribution in [2.45, 2.75) is 44.9 Å². The van der Waals surface area contributed by atoms with Crippen LogP contribution in [0.5, 0.6) is 0 Å². The van der Waals surface area contributed by atoms with Gasteiger partial charge in [0, 0.05) is 25.4 Å². The fraction of sp³-hybridized carbons (Fsp3) is 0.846. The van der Waals surface area contributed by atoms with Crippen molar-refractivity contribution in [3.63, 3.8) is 0 Å². The Labute approximate surface area is 102 Å². The summed E-state index contributed by atoms with van der Waals surface area (Å²) in [6.45, 7) is 1.30. The van der Waals surface area contributed by atoms with Gasteiger partial charge in [-0.3, -0.25) is 9.59 Å². The molecule has 0 aromatic carbocycles. The number of amides is 1. The van der Waals surface area contributed by atoms with E-state index in [2.05, 4.69) is 0 Å². The van der Waals surface area contributed by atoms with E-state index in [0.29, 0.717) is 19.5 Å². The normalized spacial score (nSPS) is 21.5.